The highest BCUT2D eigenvalue weighted by Gasteiger charge is 2.63. The van der Waals surface area contributed by atoms with Crippen LogP contribution in [0.25, 0.3) is 0 Å². The van der Waals surface area contributed by atoms with E-state index in [4.69, 9.17) is 9.47 Å². The third-order valence-corrected chi connectivity index (χ3v) is 6.70. The summed E-state index contributed by atoms with van der Waals surface area (Å²) in [4.78, 5) is 11.2. The molecule has 1 fully saturated rings. The van der Waals surface area contributed by atoms with Gasteiger partial charge in [0.2, 0.25) is 0 Å². The van der Waals surface area contributed by atoms with Crippen LogP contribution in [-0.4, -0.2) is 30.2 Å². The number of ether oxygens (including phenoxy) is 2. The largest absolute Gasteiger partial charge is 0.493 e. The van der Waals surface area contributed by atoms with E-state index in [2.05, 4.69) is 27.7 Å². The van der Waals surface area contributed by atoms with Crippen LogP contribution in [0.15, 0.2) is 12.1 Å². The second kappa shape index (κ2) is 4.97. The zero-order chi connectivity index (χ0) is 17.0. The van der Waals surface area contributed by atoms with E-state index in [9.17, 15) is 9.90 Å². The van der Waals surface area contributed by atoms with E-state index in [1.807, 2.05) is 6.07 Å². The second-order valence-corrected chi connectivity index (χ2v) is 7.95. The van der Waals surface area contributed by atoms with Crippen molar-refractivity contribution in [3.05, 3.63) is 23.3 Å². The van der Waals surface area contributed by atoms with Gasteiger partial charge in [0.15, 0.2) is 11.5 Å². The molecule has 0 amide bonds. The number of hydrogen-bond acceptors (Lipinski definition) is 4. The predicted molar refractivity (Wildman–Crippen MR) is 88.2 cm³/mol. The molecule has 0 unspecified atom stereocenters. The highest BCUT2D eigenvalue weighted by atomic mass is 16.5. The van der Waals surface area contributed by atoms with Crippen molar-refractivity contribution in [1.29, 1.82) is 0 Å². The van der Waals surface area contributed by atoms with Gasteiger partial charge in [0.05, 0.1) is 13.2 Å². The molecule has 1 aliphatic heterocycles. The van der Waals surface area contributed by atoms with Crippen LogP contribution >= 0.6 is 0 Å². The number of aliphatic hydroxyl groups is 1. The lowest BCUT2D eigenvalue weighted by Crippen LogP contribution is -2.65. The molecule has 1 aromatic carbocycles. The molecule has 2 aliphatic rings. The molecule has 1 heterocycles. The summed E-state index contributed by atoms with van der Waals surface area (Å²) in [5, 5.41) is 10.6. The summed E-state index contributed by atoms with van der Waals surface area (Å²) in [5.74, 6) is 1.35. The van der Waals surface area contributed by atoms with Crippen molar-refractivity contribution in [2.24, 2.45) is 10.8 Å². The zero-order valence-corrected chi connectivity index (χ0v) is 14.6. The Bertz CT molecular complexity index is 651. The summed E-state index contributed by atoms with van der Waals surface area (Å²) in [5.41, 5.74) is 0.664. The molecule has 0 spiro atoms. The van der Waals surface area contributed by atoms with Gasteiger partial charge in [-0.3, -0.25) is 4.79 Å². The molecule has 0 saturated heterocycles. The fourth-order valence-corrected chi connectivity index (χ4v) is 4.43. The van der Waals surface area contributed by atoms with Gasteiger partial charge in [0, 0.05) is 16.4 Å². The van der Waals surface area contributed by atoms with Crippen LogP contribution in [0.3, 0.4) is 0 Å². The van der Waals surface area contributed by atoms with Gasteiger partial charge in [-0.1, -0.05) is 20.8 Å². The molecule has 1 aliphatic carbocycles. The maximum atomic E-state index is 11.2. The molecule has 126 valence electrons. The Labute approximate surface area is 137 Å². The van der Waals surface area contributed by atoms with E-state index in [-0.39, 0.29) is 22.5 Å². The van der Waals surface area contributed by atoms with Crippen molar-refractivity contribution in [3.63, 3.8) is 0 Å². The topological polar surface area (TPSA) is 55.8 Å². The van der Waals surface area contributed by atoms with Gasteiger partial charge in [-0.25, -0.2) is 0 Å². The SMILES string of the molecule is COc1cc(C=O)cc2c1O[C@]1(C)CC[C@@H](O)C(C)(C)[C@@]1(C)C2. The first-order chi connectivity index (χ1) is 10.7. The maximum absolute atomic E-state index is 11.2. The molecular weight excluding hydrogens is 292 g/mol. The van der Waals surface area contributed by atoms with Crippen LogP contribution in [0.5, 0.6) is 11.5 Å². The Morgan fingerprint density at radius 3 is 2.61 bits per heavy atom. The lowest BCUT2D eigenvalue weighted by atomic mass is 9.48. The monoisotopic (exact) mass is 318 g/mol. The normalized spacial score (nSPS) is 34.8. The van der Waals surface area contributed by atoms with Crippen LogP contribution in [0.1, 0.15) is 56.5 Å². The van der Waals surface area contributed by atoms with Crippen molar-refractivity contribution in [3.8, 4) is 11.5 Å². The van der Waals surface area contributed by atoms with E-state index in [1.54, 1.807) is 13.2 Å². The molecule has 0 bridgehead atoms. The number of aldehydes is 1. The fourth-order valence-electron chi connectivity index (χ4n) is 4.43. The van der Waals surface area contributed by atoms with Crippen LogP contribution in [-0.2, 0) is 6.42 Å². The van der Waals surface area contributed by atoms with Gasteiger partial charge >= 0.3 is 0 Å². The molecular formula is C19H26O4. The zero-order valence-electron chi connectivity index (χ0n) is 14.6. The molecule has 23 heavy (non-hydrogen) atoms. The summed E-state index contributed by atoms with van der Waals surface area (Å²) in [6.45, 7) is 8.56. The van der Waals surface area contributed by atoms with E-state index < -0.39 is 0 Å². The number of carbonyl (C=O) groups excluding carboxylic acids is 1. The summed E-state index contributed by atoms with van der Waals surface area (Å²) in [7, 11) is 1.60. The lowest BCUT2D eigenvalue weighted by Gasteiger charge is -2.62. The quantitative estimate of drug-likeness (QED) is 0.849. The Kier molecular flexibility index (Phi) is 3.53. The van der Waals surface area contributed by atoms with Gasteiger partial charge in [-0.05, 0) is 43.9 Å². The number of fused-ring (bicyclic) bond motifs is 2. The maximum Gasteiger partial charge on any atom is 0.165 e. The van der Waals surface area contributed by atoms with Gasteiger partial charge in [0.25, 0.3) is 0 Å². The van der Waals surface area contributed by atoms with E-state index in [0.717, 1.165) is 36.9 Å². The standard InChI is InChI=1S/C19H26O4/c1-17(2)15(21)6-7-19(4)18(17,3)10-13-8-12(11-20)9-14(22-5)16(13)23-19/h8-9,11,15,21H,6-7,10H2,1-5H3/t15-,18-,19-/m1/s1. The molecule has 4 nitrogen and oxygen atoms in total. The van der Waals surface area contributed by atoms with E-state index in [1.165, 1.54) is 0 Å². The number of carbonyl (C=O) groups is 1. The number of rotatable bonds is 2. The van der Waals surface area contributed by atoms with Crippen LogP contribution < -0.4 is 9.47 Å². The molecule has 1 N–H and O–H groups in total. The van der Waals surface area contributed by atoms with Crippen molar-refractivity contribution in [2.75, 3.05) is 7.11 Å². The average molecular weight is 318 g/mol. The number of hydrogen-bond donors (Lipinski definition) is 1. The first kappa shape index (κ1) is 16.3. The van der Waals surface area contributed by atoms with Gasteiger partial charge in [-0.15, -0.1) is 0 Å². The van der Waals surface area contributed by atoms with Gasteiger partial charge in [-0.2, -0.15) is 0 Å². The van der Waals surface area contributed by atoms with Crippen LogP contribution in [0.2, 0.25) is 0 Å². The summed E-state index contributed by atoms with van der Waals surface area (Å²) in [6, 6.07) is 3.60. The Hall–Kier alpha value is -1.55. The number of aliphatic hydroxyl groups excluding tert-OH is 1. The smallest absolute Gasteiger partial charge is 0.165 e. The Morgan fingerprint density at radius 1 is 1.30 bits per heavy atom. The van der Waals surface area contributed by atoms with Crippen molar-refractivity contribution in [2.45, 2.75) is 58.7 Å². The van der Waals surface area contributed by atoms with E-state index >= 15 is 0 Å². The molecule has 3 atom stereocenters. The Balaban J connectivity index is 2.18. The average Bonchev–Trinajstić information content (AvgIpc) is 2.51. The number of methoxy groups -OCH3 is 1. The Morgan fingerprint density at radius 2 is 2.00 bits per heavy atom. The molecule has 4 heteroatoms. The minimum atomic E-state index is -0.376. The van der Waals surface area contributed by atoms with Gasteiger partial charge < -0.3 is 14.6 Å². The molecule has 3 rings (SSSR count). The summed E-state index contributed by atoms with van der Waals surface area (Å²) < 4.78 is 11.9. The predicted octanol–water partition coefficient (Wildman–Crippen LogP) is 3.39. The van der Waals surface area contributed by atoms with Crippen molar-refractivity contribution >= 4 is 6.29 Å². The summed E-state index contributed by atoms with van der Waals surface area (Å²) in [6.07, 6.45) is 2.75. The fraction of sp³-hybridized carbons (Fsp3) is 0.632. The molecule has 1 saturated carbocycles. The molecule has 0 aromatic heterocycles. The second-order valence-electron chi connectivity index (χ2n) is 7.95. The first-order valence-electron chi connectivity index (χ1n) is 8.22. The third kappa shape index (κ3) is 2.04. The molecule has 1 aromatic rings. The highest BCUT2D eigenvalue weighted by molar-refractivity contribution is 5.77. The van der Waals surface area contributed by atoms with E-state index in [0.29, 0.717) is 11.3 Å². The first-order valence-corrected chi connectivity index (χ1v) is 8.22. The van der Waals surface area contributed by atoms with Crippen LogP contribution in [0.4, 0.5) is 0 Å². The van der Waals surface area contributed by atoms with Crippen molar-refractivity contribution < 1.29 is 19.4 Å². The summed E-state index contributed by atoms with van der Waals surface area (Å²) >= 11 is 0. The van der Waals surface area contributed by atoms with Crippen molar-refractivity contribution in [1.82, 2.24) is 0 Å². The number of benzene rings is 1. The minimum Gasteiger partial charge on any atom is -0.493 e. The lowest BCUT2D eigenvalue weighted by molar-refractivity contribution is -0.196. The third-order valence-electron chi connectivity index (χ3n) is 6.70. The molecule has 0 radical (unpaired) electrons. The van der Waals surface area contributed by atoms with Gasteiger partial charge in [0.1, 0.15) is 11.9 Å². The minimum absolute atomic E-state index is 0.239. The van der Waals surface area contributed by atoms with Crippen LogP contribution in [0, 0.1) is 10.8 Å². The highest BCUT2D eigenvalue weighted by Crippen LogP contribution is 2.62.